The molecule has 182 valence electrons. The van der Waals surface area contributed by atoms with Gasteiger partial charge in [-0.25, -0.2) is 12.8 Å². The van der Waals surface area contributed by atoms with E-state index in [-0.39, 0.29) is 16.3 Å². The molecule has 5 aromatic rings. The van der Waals surface area contributed by atoms with E-state index in [1.165, 1.54) is 38.6 Å². The van der Waals surface area contributed by atoms with Crippen LogP contribution in [0.2, 0.25) is 0 Å². The summed E-state index contributed by atoms with van der Waals surface area (Å²) in [5, 5.41) is 1.28. The Balaban J connectivity index is 1.44. The van der Waals surface area contributed by atoms with Gasteiger partial charge in [0.2, 0.25) is 0 Å². The van der Waals surface area contributed by atoms with Crippen LogP contribution < -0.4 is 18.9 Å². The average Bonchev–Trinajstić information content (AvgIpc) is 2.89. The molecule has 0 radical (unpaired) electrons. The molecule has 0 bridgehead atoms. The lowest BCUT2D eigenvalue weighted by Gasteiger charge is -2.14. The molecule has 0 aliphatic rings. The van der Waals surface area contributed by atoms with Gasteiger partial charge in [0.05, 0.1) is 30.9 Å². The molecule has 36 heavy (non-hydrogen) atoms. The van der Waals surface area contributed by atoms with E-state index in [4.69, 9.17) is 14.2 Å². The molecule has 2 heterocycles. The molecule has 2 aromatic heterocycles. The zero-order chi connectivity index (χ0) is 25.3. The molecule has 0 saturated heterocycles. The summed E-state index contributed by atoms with van der Waals surface area (Å²) in [5.74, 6) is 0.780. The van der Waals surface area contributed by atoms with Crippen LogP contribution in [0.15, 0.2) is 84.0 Å². The van der Waals surface area contributed by atoms with Gasteiger partial charge in [-0.15, -0.1) is 0 Å². The fraction of sp³-hybridized carbons (Fsp3) is 0.0769. The smallest absolute Gasteiger partial charge is 0.264 e. The fourth-order valence-electron chi connectivity index (χ4n) is 3.80. The van der Waals surface area contributed by atoms with Crippen LogP contribution in [-0.4, -0.2) is 32.6 Å². The predicted octanol–water partition coefficient (Wildman–Crippen LogP) is 5.53. The van der Waals surface area contributed by atoms with Crippen molar-refractivity contribution in [3.05, 3.63) is 84.9 Å². The first kappa shape index (κ1) is 23.3. The molecule has 0 unspecified atom stereocenters. The minimum absolute atomic E-state index is 0.0482. The number of halogens is 1. The van der Waals surface area contributed by atoms with Gasteiger partial charge in [-0.05, 0) is 36.4 Å². The molecule has 0 fully saturated rings. The van der Waals surface area contributed by atoms with Crippen molar-refractivity contribution in [1.82, 2.24) is 9.97 Å². The number of aromatic nitrogens is 2. The number of hydrogen-bond donors (Lipinski definition) is 1. The van der Waals surface area contributed by atoms with Crippen molar-refractivity contribution >= 4 is 37.5 Å². The average molecular weight is 506 g/mol. The summed E-state index contributed by atoms with van der Waals surface area (Å²) in [7, 11) is -1.06. The van der Waals surface area contributed by atoms with Gasteiger partial charge in [-0.2, -0.15) is 0 Å². The van der Waals surface area contributed by atoms with E-state index < -0.39 is 15.8 Å². The number of rotatable bonds is 7. The summed E-state index contributed by atoms with van der Waals surface area (Å²) in [4.78, 5) is 8.44. The number of methoxy groups -OCH3 is 2. The molecular formula is C26H20FN3O5S. The van der Waals surface area contributed by atoms with E-state index in [1.807, 2.05) is 0 Å². The molecule has 0 spiro atoms. The zero-order valence-corrected chi connectivity index (χ0v) is 20.0. The highest BCUT2D eigenvalue weighted by atomic mass is 32.2. The number of anilines is 1. The van der Waals surface area contributed by atoms with Gasteiger partial charge in [0.1, 0.15) is 16.4 Å². The third kappa shape index (κ3) is 4.34. The molecule has 10 heteroatoms. The first-order chi connectivity index (χ1) is 17.4. The maximum Gasteiger partial charge on any atom is 0.264 e. The number of pyridine rings is 2. The number of sulfonamides is 1. The quantitative estimate of drug-likeness (QED) is 0.310. The van der Waals surface area contributed by atoms with E-state index in [0.29, 0.717) is 39.1 Å². The third-order valence-electron chi connectivity index (χ3n) is 5.50. The fourth-order valence-corrected chi connectivity index (χ4v) is 5.05. The van der Waals surface area contributed by atoms with Gasteiger partial charge in [-0.3, -0.25) is 14.7 Å². The second-order valence-electron chi connectivity index (χ2n) is 7.71. The Morgan fingerprint density at radius 2 is 1.61 bits per heavy atom. The molecule has 8 nitrogen and oxygen atoms in total. The van der Waals surface area contributed by atoms with Gasteiger partial charge in [0.25, 0.3) is 10.0 Å². The number of nitrogens with zero attached hydrogens (tertiary/aromatic N) is 2. The molecular weight excluding hydrogens is 485 g/mol. The van der Waals surface area contributed by atoms with Crippen LogP contribution in [0.25, 0.3) is 21.8 Å². The Bertz CT molecular complexity index is 1700. The lowest BCUT2D eigenvalue weighted by Crippen LogP contribution is -2.14. The first-order valence-electron chi connectivity index (χ1n) is 10.7. The minimum Gasteiger partial charge on any atom is -0.493 e. The Hall–Kier alpha value is -4.44. The molecule has 3 aromatic carbocycles. The highest BCUT2D eigenvalue weighted by molar-refractivity contribution is 7.93. The van der Waals surface area contributed by atoms with Gasteiger partial charge < -0.3 is 14.2 Å². The molecule has 0 amide bonds. The normalized spacial score (nSPS) is 11.4. The summed E-state index contributed by atoms with van der Waals surface area (Å²) in [6.45, 7) is 0. The number of hydrogen-bond acceptors (Lipinski definition) is 7. The van der Waals surface area contributed by atoms with E-state index in [0.717, 1.165) is 6.07 Å². The maximum absolute atomic E-state index is 15.0. The van der Waals surface area contributed by atoms with E-state index >= 15 is 0 Å². The highest BCUT2D eigenvalue weighted by Crippen LogP contribution is 2.37. The van der Waals surface area contributed by atoms with Crippen LogP contribution in [0, 0.1) is 5.82 Å². The van der Waals surface area contributed by atoms with Crippen molar-refractivity contribution in [2.75, 3.05) is 18.9 Å². The summed E-state index contributed by atoms with van der Waals surface area (Å²) >= 11 is 0. The SMILES string of the molecule is COc1cc2nccc(Oc3ccc(NS(=O)(=O)c4cccc5cccnc45)c(F)c3)c2cc1OC. The number of ether oxygens (including phenoxy) is 3. The lowest BCUT2D eigenvalue weighted by molar-refractivity contribution is 0.355. The van der Waals surface area contributed by atoms with E-state index in [9.17, 15) is 12.8 Å². The molecule has 0 atom stereocenters. The first-order valence-corrected chi connectivity index (χ1v) is 12.2. The van der Waals surface area contributed by atoms with Crippen LogP contribution in [0.4, 0.5) is 10.1 Å². The molecule has 0 saturated carbocycles. The van der Waals surface area contributed by atoms with Gasteiger partial charge in [0.15, 0.2) is 17.3 Å². The second kappa shape index (κ2) is 9.31. The van der Waals surface area contributed by atoms with Crippen molar-refractivity contribution in [2.45, 2.75) is 4.90 Å². The highest BCUT2D eigenvalue weighted by Gasteiger charge is 2.20. The van der Waals surface area contributed by atoms with Crippen LogP contribution in [0.5, 0.6) is 23.0 Å². The molecule has 0 aliphatic heterocycles. The van der Waals surface area contributed by atoms with Crippen LogP contribution in [0.1, 0.15) is 0 Å². The maximum atomic E-state index is 15.0. The second-order valence-corrected chi connectivity index (χ2v) is 9.36. The van der Waals surface area contributed by atoms with Crippen molar-refractivity contribution in [3.63, 3.8) is 0 Å². The van der Waals surface area contributed by atoms with Crippen LogP contribution in [0.3, 0.4) is 0 Å². The van der Waals surface area contributed by atoms with Gasteiger partial charge in [0, 0.05) is 35.3 Å². The minimum atomic E-state index is -4.10. The number of fused-ring (bicyclic) bond motifs is 2. The largest absolute Gasteiger partial charge is 0.493 e. The summed E-state index contributed by atoms with van der Waals surface area (Å²) in [5.41, 5.74) is 0.671. The van der Waals surface area contributed by atoms with Crippen LogP contribution >= 0.6 is 0 Å². The van der Waals surface area contributed by atoms with Crippen molar-refractivity contribution in [2.24, 2.45) is 0 Å². The van der Waals surface area contributed by atoms with Gasteiger partial charge >= 0.3 is 0 Å². The standard InChI is InChI=1S/C26H20FN3O5S/c1-33-23-14-18-21(15-24(23)34-2)28-12-10-22(18)35-17-8-9-20(19(27)13-17)30-36(31,32)25-7-3-5-16-6-4-11-29-26(16)25/h3-15,30H,1-2H3. The summed E-state index contributed by atoms with van der Waals surface area (Å²) in [6, 6.07) is 17.2. The summed E-state index contributed by atoms with van der Waals surface area (Å²) < 4.78 is 59.9. The Morgan fingerprint density at radius 1 is 0.833 bits per heavy atom. The number of para-hydroxylation sites is 1. The molecule has 1 N–H and O–H groups in total. The van der Waals surface area contributed by atoms with E-state index in [2.05, 4.69) is 14.7 Å². The van der Waals surface area contributed by atoms with Gasteiger partial charge in [-0.1, -0.05) is 18.2 Å². The topological polar surface area (TPSA) is 99.6 Å². The number of benzene rings is 3. The Kier molecular flexibility index (Phi) is 6.03. The van der Waals surface area contributed by atoms with Crippen molar-refractivity contribution in [3.8, 4) is 23.0 Å². The monoisotopic (exact) mass is 505 g/mol. The van der Waals surface area contributed by atoms with Crippen molar-refractivity contribution < 1.29 is 27.0 Å². The predicted molar refractivity (Wildman–Crippen MR) is 134 cm³/mol. The zero-order valence-electron chi connectivity index (χ0n) is 19.2. The molecule has 5 rings (SSSR count). The Labute approximate surface area is 206 Å². The Morgan fingerprint density at radius 3 is 2.39 bits per heavy atom. The lowest BCUT2D eigenvalue weighted by atomic mass is 10.2. The number of nitrogens with one attached hydrogen (secondary N) is 1. The van der Waals surface area contributed by atoms with E-state index in [1.54, 1.807) is 48.7 Å². The summed E-state index contributed by atoms with van der Waals surface area (Å²) in [6.07, 6.45) is 3.06. The molecule has 0 aliphatic carbocycles. The third-order valence-corrected chi connectivity index (χ3v) is 6.90. The van der Waals surface area contributed by atoms with Crippen LogP contribution in [-0.2, 0) is 10.0 Å². The van der Waals surface area contributed by atoms with Crippen molar-refractivity contribution in [1.29, 1.82) is 0 Å².